The number of piperazine rings is 1. The summed E-state index contributed by atoms with van der Waals surface area (Å²) >= 11 is 6.28. The maximum absolute atomic E-state index is 6.28. The third-order valence-electron chi connectivity index (χ3n) is 4.32. The highest BCUT2D eigenvalue weighted by atomic mass is 35.5. The summed E-state index contributed by atoms with van der Waals surface area (Å²) < 4.78 is 0. The van der Waals surface area contributed by atoms with Gasteiger partial charge in [0.1, 0.15) is 0 Å². The van der Waals surface area contributed by atoms with Crippen molar-refractivity contribution in [1.29, 1.82) is 0 Å². The van der Waals surface area contributed by atoms with Crippen molar-refractivity contribution in [2.75, 3.05) is 19.6 Å². The zero-order valence-corrected chi connectivity index (χ0v) is 12.1. The molecule has 1 aliphatic heterocycles. The summed E-state index contributed by atoms with van der Waals surface area (Å²) in [7, 11) is 0. The van der Waals surface area contributed by atoms with E-state index in [2.05, 4.69) is 36.2 Å². The number of hydrogen-bond donors (Lipinski definition) is 1. The molecule has 0 amide bonds. The third kappa shape index (κ3) is 2.71. The Morgan fingerprint density at radius 1 is 1.28 bits per heavy atom. The average Bonchev–Trinajstić information content (AvgIpc) is 2.42. The molecule has 1 saturated heterocycles. The molecule has 2 rings (SSSR count). The number of nitrogens with zero attached hydrogens (tertiary/aromatic N) is 1. The van der Waals surface area contributed by atoms with E-state index in [1.807, 2.05) is 12.1 Å². The lowest BCUT2D eigenvalue weighted by Crippen LogP contribution is -2.60. The molecule has 0 saturated carbocycles. The SMILES string of the molecule is CCC1(CC)CNCCN1Cc1ccccc1Cl. The van der Waals surface area contributed by atoms with E-state index in [1.165, 1.54) is 18.4 Å². The van der Waals surface area contributed by atoms with Crippen LogP contribution in [0, 0.1) is 0 Å². The van der Waals surface area contributed by atoms with Crippen molar-refractivity contribution in [3.8, 4) is 0 Å². The van der Waals surface area contributed by atoms with Crippen molar-refractivity contribution in [2.45, 2.75) is 38.8 Å². The number of hydrogen-bond acceptors (Lipinski definition) is 2. The van der Waals surface area contributed by atoms with Gasteiger partial charge in [-0.3, -0.25) is 4.90 Å². The van der Waals surface area contributed by atoms with Crippen LogP contribution in [0.3, 0.4) is 0 Å². The molecule has 0 aromatic heterocycles. The summed E-state index contributed by atoms with van der Waals surface area (Å²) in [4.78, 5) is 2.60. The van der Waals surface area contributed by atoms with Crippen LogP contribution in [-0.2, 0) is 6.54 Å². The first kappa shape index (κ1) is 13.9. The first-order valence-electron chi connectivity index (χ1n) is 6.91. The Labute approximate surface area is 115 Å². The fourth-order valence-electron chi connectivity index (χ4n) is 2.91. The van der Waals surface area contributed by atoms with Gasteiger partial charge in [-0.15, -0.1) is 0 Å². The molecular weight excluding hydrogens is 244 g/mol. The fourth-order valence-corrected chi connectivity index (χ4v) is 3.11. The lowest BCUT2D eigenvalue weighted by molar-refractivity contribution is 0.0448. The minimum Gasteiger partial charge on any atom is -0.314 e. The van der Waals surface area contributed by atoms with Crippen LogP contribution in [0.2, 0.25) is 5.02 Å². The second kappa shape index (κ2) is 6.05. The van der Waals surface area contributed by atoms with Gasteiger partial charge in [0.2, 0.25) is 0 Å². The molecule has 3 heteroatoms. The van der Waals surface area contributed by atoms with Crippen LogP contribution in [0.15, 0.2) is 24.3 Å². The standard InChI is InChI=1S/C15H23ClN2/c1-3-15(4-2)12-17-9-10-18(15)11-13-7-5-6-8-14(13)16/h5-8,17H,3-4,9-12H2,1-2H3. The number of rotatable bonds is 4. The molecule has 0 aliphatic carbocycles. The van der Waals surface area contributed by atoms with E-state index in [0.717, 1.165) is 31.2 Å². The smallest absolute Gasteiger partial charge is 0.0451 e. The van der Waals surface area contributed by atoms with Crippen molar-refractivity contribution < 1.29 is 0 Å². The van der Waals surface area contributed by atoms with Gasteiger partial charge < -0.3 is 5.32 Å². The van der Waals surface area contributed by atoms with E-state index in [9.17, 15) is 0 Å². The summed E-state index contributed by atoms with van der Waals surface area (Å²) in [5.41, 5.74) is 1.53. The first-order chi connectivity index (χ1) is 8.72. The molecule has 1 heterocycles. The summed E-state index contributed by atoms with van der Waals surface area (Å²) in [5.74, 6) is 0. The van der Waals surface area contributed by atoms with E-state index in [4.69, 9.17) is 11.6 Å². The number of benzene rings is 1. The van der Waals surface area contributed by atoms with Crippen molar-refractivity contribution in [3.63, 3.8) is 0 Å². The Morgan fingerprint density at radius 2 is 2.00 bits per heavy atom. The van der Waals surface area contributed by atoms with Crippen LogP contribution in [0.5, 0.6) is 0 Å². The van der Waals surface area contributed by atoms with E-state index in [1.54, 1.807) is 0 Å². The lowest BCUT2D eigenvalue weighted by atomic mass is 9.88. The summed E-state index contributed by atoms with van der Waals surface area (Å²) in [6.07, 6.45) is 2.36. The van der Waals surface area contributed by atoms with E-state index < -0.39 is 0 Å². The molecule has 0 spiro atoms. The summed E-state index contributed by atoms with van der Waals surface area (Å²) in [6, 6.07) is 8.19. The largest absolute Gasteiger partial charge is 0.314 e. The van der Waals surface area contributed by atoms with Crippen molar-refractivity contribution >= 4 is 11.6 Å². The van der Waals surface area contributed by atoms with E-state index in [0.29, 0.717) is 0 Å². The Balaban J connectivity index is 2.18. The van der Waals surface area contributed by atoms with Gasteiger partial charge in [0.15, 0.2) is 0 Å². The second-order valence-electron chi connectivity index (χ2n) is 5.12. The molecular formula is C15H23ClN2. The molecule has 0 radical (unpaired) electrons. The molecule has 1 fully saturated rings. The van der Waals surface area contributed by atoms with Crippen LogP contribution in [0.25, 0.3) is 0 Å². The Bertz CT molecular complexity index is 388. The van der Waals surface area contributed by atoms with Crippen molar-refractivity contribution in [1.82, 2.24) is 10.2 Å². The normalized spacial score (nSPS) is 19.9. The van der Waals surface area contributed by atoms with Crippen LogP contribution in [0.4, 0.5) is 0 Å². The zero-order valence-electron chi connectivity index (χ0n) is 11.4. The predicted molar refractivity (Wildman–Crippen MR) is 78.0 cm³/mol. The molecule has 100 valence electrons. The third-order valence-corrected chi connectivity index (χ3v) is 4.69. The second-order valence-corrected chi connectivity index (χ2v) is 5.53. The van der Waals surface area contributed by atoms with Crippen molar-refractivity contribution in [3.05, 3.63) is 34.9 Å². The number of nitrogens with one attached hydrogen (secondary N) is 1. The highest BCUT2D eigenvalue weighted by Crippen LogP contribution is 2.28. The summed E-state index contributed by atoms with van der Waals surface area (Å²) in [6.45, 7) is 8.80. The zero-order chi connectivity index (χ0) is 13.0. The Morgan fingerprint density at radius 3 is 2.67 bits per heavy atom. The van der Waals surface area contributed by atoms with Crippen LogP contribution < -0.4 is 5.32 Å². The van der Waals surface area contributed by atoms with E-state index in [-0.39, 0.29) is 5.54 Å². The van der Waals surface area contributed by atoms with Gasteiger partial charge in [0.05, 0.1) is 0 Å². The van der Waals surface area contributed by atoms with Gasteiger partial charge in [0.25, 0.3) is 0 Å². The number of halogens is 1. The van der Waals surface area contributed by atoms with Gasteiger partial charge in [-0.1, -0.05) is 43.6 Å². The molecule has 2 nitrogen and oxygen atoms in total. The van der Waals surface area contributed by atoms with Crippen LogP contribution >= 0.6 is 11.6 Å². The minimum atomic E-state index is 0.289. The molecule has 0 atom stereocenters. The highest BCUT2D eigenvalue weighted by Gasteiger charge is 2.35. The summed E-state index contributed by atoms with van der Waals surface area (Å²) in [5, 5.41) is 4.42. The van der Waals surface area contributed by atoms with Gasteiger partial charge in [0, 0.05) is 36.7 Å². The maximum Gasteiger partial charge on any atom is 0.0451 e. The molecule has 1 N–H and O–H groups in total. The Kier molecular flexibility index (Phi) is 4.66. The fraction of sp³-hybridized carbons (Fsp3) is 0.600. The maximum atomic E-state index is 6.28. The molecule has 1 aromatic rings. The quantitative estimate of drug-likeness (QED) is 0.900. The first-order valence-corrected chi connectivity index (χ1v) is 7.29. The molecule has 18 heavy (non-hydrogen) atoms. The van der Waals surface area contributed by atoms with Crippen LogP contribution in [-0.4, -0.2) is 30.1 Å². The Hall–Kier alpha value is -0.570. The molecule has 0 unspecified atom stereocenters. The highest BCUT2D eigenvalue weighted by molar-refractivity contribution is 6.31. The molecule has 1 aliphatic rings. The predicted octanol–water partition coefficient (Wildman–Crippen LogP) is 3.30. The van der Waals surface area contributed by atoms with Gasteiger partial charge >= 0.3 is 0 Å². The average molecular weight is 267 g/mol. The van der Waals surface area contributed by atoms with Gasteiger partial charge in [-0.25, -0.2) is 0 Å². The topological polar surface area (TPSA) is 15.3 Å². The monoisotopic (exact) mass is 266 g/mol. The molecule has 0 bridgehead atoms. The van der Waals surface area contributed by atoms with E-state index >= 15 is 0 Å². The molecule has 1 aromatic carbocycles. The van der Waals surface area contributed by atoms with Crippen molar-refractivity contribution in [2.24, 2.45) is 0 Å². The lowest BCUT2D eigenvalue weighted by Gasteiger charge is -2.47. The minimum absolute atomic E-state index is 0.289. The van der Waals surface area contributed by atoms with Gasteiger partial charge in [-0.2, -0.15) is 0 Å². The van der Waals surface area contributed by atoms with Crippen LogP contribution in [0.1, 0.15) is 32.3 Å². The van der Waals surface area contributed by atoms with Gasteiger partial charge in [-0.05, 0) is 24.5 Å².